The summed E-state index contributed by atoms with van der Waals surface area (Å²) in [5.74, 6) is 0.0688. The van der Waals surface area contributed by atoms with E-state index < -0.39 is 5.97 Å². The second kappa shape index (κ2) is 6.09. The third-order valence-electron chi connectivity index (χ3n) is 2.78. The molecular weight excluding hydrogens is 278 g/mol. The summed E-state index contributed by atoms with van der Waals surface area (Å²) in [6.45, 7) is 5.90. The summed E-state index contributed by atoms with van der Waals surface area (Å²) in [5, 5.41) is 0.605. The van der Waals surface area contributed by atoms with Gasteiger partial charge < -0.3 is 9.15 Å². The number of benzene rings is 1. The Balaban J connectivity index is 2.45. The smallest absolute Gasteiger partial charge is 0.376 e. The largest absolute Gasteiger partial charge is 0.460 e. The lowest BCUT2D eigenvalue weighted by Gasteiger charge is -2.00. The molecule has 1 aromatic carbocycles. The number of aryl methyl sites for hydroxylation is 2. The Morgan fingerprint density at radius 3 is 2.70 bits per heavy atom. The van der Waals surface area contributed by atoms with Gasteiger partial charge in [-0.05, 0) is 44.0 Å². The number of carbonyl (C=O) groups excluding carboxylic acids is 1. The van der Waals surface area contributed by atoms with Crippen molar-refractivity contribution in [2.45, 2.75) is 27.2 Å². The third-order valence-corrected chi connectivity index (χ3v) is 3.00. The van der Waals surface area contributed by atoms with E-state index in [0.717, 1.165) is 11.1 Å². The standard InChI is InChI=1S/C15H16ClNO3/c1-4-12-13(15(18)19-5-2)20-14(17-12)10-6-9(3)7-11(16)8-10/h6-8H,4-5H2,1-3H3. The highest BCUT2D eigenvalue weighted by atomic mass is 35.5. The van der Waals surface area contributed by atoms with Gasteiger partial charge in [0.15, 0.2) is 0 Å². The van der Waals surface area contributed by atoms with Gasteiger partial charge in [0.05, 0.1) is 12.3 Å². The zero-order chi connectivity index (χ0) is 14.7. The van der Waals surface area contributed by atoms with Gasteiger partial charge in [0, 0.05) is 10.6 Å². The van der Waals surface area contributed by atoms with Gasteiger partial charge >= 0.3 is 5.97 Å². The maximum atomic E-state index is 11.8. The molecule has 0 saturated carbocycles. The first-order valence-electron chi connectivity index (χ1n) is 6.49. The van der Waals surface area contributed by atoms with E-state index in [9.17, 15) is 4.79 Å². The summed E-state index contributed by atoms with van der Waals surface area (Å²) < 4.78 is 10.5. The molecule has 2 aromatic rings. The van der Waals surface area contributed by atoms with Crippen LogP contribution >= 0.6 is 11.6 Å². The van der Waals surface area contributed by atoms with Crippen molar-refractivity contribution in [2.24, 2.45) is 0 Å². The maximum absolute atomic E-state index is 11.8. The zero-order valence-electron chi connectivity index (χ0n) is 11.7. The molecule has 0 atom stereocenters. The lowest BCUT2D eigenvalue weighted by atomic mass is 10.1. The molecule has 0 aliphatic heterocycles. The fraction of sp³-hybridized carbons (Fsp3) is 0.333. The Morgan fingerprint density at radius 2 is 2.10 bits per heavy atom. The summed E-state index contributed by atoms with van der Waals surface area (Å²) in [6, 6.07) is 5.52. The average Bonchev–Trinajstić information content (AvgIpc) is 2.82. The van der Waals surface area contributed by atoms with Crippen LogP contribution < -0.4 is 0 Å². The molecular formula is C15H16ClNO3. The molecule has 4 nitrogen and oxygen atoms in total. The van der Waals surface area contributed by atoms with Crippen LogP contribution in [0.3, 0.4) is 0 Å². The first-order chi connectivity index (χ1) is 9.55. The summed E-state index contributed by atoms with van der Waals surface area (Å²) in [7, 11) is 0. The number of aromatic nitrogens is 1. The maximum Gasteiger partial charge on any atom is 0.376 e. The summed E-state index contributed by atoms with van der Waals surface area (Å²) in [5.41, 5.74) is 2.35. The molecule has 0 fully saturated rings. The zero-order valence-corrected chi connectivity index (χ0v) is 12.5. The van der Waals surface area contributed by atoms with Crippen molar-refractivity contribution in [3.63, 3.8) is 0 Å². The molecule has 5 heteroatoms. The van der Waals surface area contributed by atoms with E-state index in [1.54, 1.807) is 13.0 Å². The van der Waals surface area contributed by atoms with Gasteiger partial charge in [-0.25, -0.2) is 9.78 Å². The van der Waals surface area contributed by atoms with Crippen LogP contribution in [0.1, 0.15) is 35.7 Å². The number of hydrogen-bond acceptors (Lipinski definition) is 4. The van der Waals surface area contributed by atoms with Crippen molar-refractivity contribution < 1.29 is 13.9 Å². The van der Waals surface area contributed by atoms with E-state index in [1.807, 2.05) is 26.0 Å². The van der Waals surface area contributed by atoms with Crippen LogP contribution in [0.5, 0.6) is 0 Å². The van der Waals surface area contributed by atoms with Crippen molar-refractivity contribution in [1.29, 1.82) is 0 Å². The molecule has 0 spiro atoms. The number of rotatable bonds is 4. The third kappa shape index (κ3) is 3.02. The Bertz CT molecular complexity index is 614. The first-order valence-corrected chi connectivity index (χ1v) is 6.87. The molecule has 0 N–H and O–H groups in total. The van der Waals surface area contributed by atoms with Crippen LogP contribution in [0.25, 0.3) is 11.5 Å². The minimum atomic E-state index is -0.484. The van der Waals surface area contributed by atoms with Crippen molar-refractivity contribution in [3.05, 3.63) is 40.2 Å². The van der Waals surface area contributed by atoms with Crippen LogP contribution in [0.2, 0.25) is 5.02 Å². The quantitative estimate of drug-likeness (QED) is 0.798. The normalized spacial score (nSPS) is 10.6. The number of carbonyl (C=O) groups is 1. The van der Waals surface area contributed by atoms with Gasteiger partial charge in [0.25, 0.3) is 0 Å². The van der Waals surface area contributed by atoms with Crippen molar-refractivity contribution in [2.75, 3.05) is 6.61 Å². The molecule has 0 amide bonds. The predicted molar refractivity (Wildman–Crippen MR) is 77.0 cm³/mol. The Labute approximate surface area is 122 Å². The molecule has 106 valence electrons. The van der Waals surface area contributed by atoms with Crippen molar-refractivity contribution in [3.8, 4) is 11.5 Å². The Kier molecular flexibility index (Phi) is 4.45. The SMILES string of the molecule is CCOC(=O)c1oc(-c2cc(C)cc(Cl)c2)nc1CC. The summed E-state index contributed by atoms with van der Waals surface area (Å²) >= 11 is 6.03. The predicted octanol–water partition coefficient (Wildman–Crippen LogP) is 4.04. The highest BCUT2D eigenvalue weighted by Gasteiger charge is 2.21. The molecule has 2 rings (SSSR count). The highest BCUT2D eigenvalue weighted by molar-refractivity contribution is 6.30. The van der Waals surface area contributed by atoms with E-state index in [4.69, 9.17) is 20.8 Å². The van der Waals surface area contributed by atoms with Crippen molar-refractivity contribution >= 4 is 17.6 Å². The van der Waals surface area contributed by atoms with Gasteiger partial charge in [-0.2, -0.15) is 0 Å². The molecule has 0 aliphatic rings. The van der Waals surface area contributed by atoms with Crippen LogP contribution in [0.15, 0.2) is 22.6 Å². The average molecular weight is 294 g/mol. The summed E-state index contributed by atoms with van der Waals surface area (Å²) in [6.07, 6.45) is 0.594. The van der Waals surface area contributed by atoms with Gasteiger partial charge in [-0.1, -0.05) is 18.5 Å². The summed E-state index contributed by atoms with van der Waals surface area (Å²) in [4.78, 5) is 16.2. The van der Waals surface area contributed by atoms with Gasteiger partial charge in [-0.15, -0.1) is 0 Å². The molecule has 0 radical (unpaired) electrons. The Morgan fingerprint density at radius 1 is 1.35 bits per heavy atom. The molecule has 0 bridgehead atoms. The second-order valence-corrected chi connectivity index (χ2v) is 4.82. The lowest BCUT2D eigenvalue weighted by molar-refractivity contribution is 0.0489. The van der Waals surface area contributed by atoms with E-state index in [1.165, 1.54) is 0 Å². The molecule has 0 unspecified atom stereocenters. The van der Waals surface area contributed by atoms with Crippen LogP contribution in [-0.4, -0.2) is 17.6 Å². The number of oxazole rings is 1. The minimum absolute atomic E-state index is 0.168. The van der Waals surface area contributed by atoms with Gasteiger partial charge in [-0.3, -0.25) is 0 Å². The lowest BCUT2D eigenvalue weighted by Crippen LogP contribution is -2.05. The van der Waals surface area contributed by atoms with Crippen LogP contribution in [0, 0.1) is 6.92 Å². The highest BCUT2D eigenvalue weighted by Crippen LogP contribution is 2.26. The van der Waals surface area contributed by atoms with E-state index in [2.05, 4.69) is 4.98 Å². The van der Waals surface area contributed by atoms with Crippen molar-refractivity contribution in [1.82, 2.24) is 4.98 Å². The van der Waals surface area contributed by atoms with E-state index >= 15 is 0 Å². The molecule has 1 heterocycles. The van der Waals surface area contributed by atoms with E-state index in [0.29, 0.717) is 29.6 Å². The van der Waals surface area contributed by atoms with Crippen LogP contribution in [0.4, 0.5) is 0 Å². The number of hydrogen-bond donors (Lipinski definition) is 0. The fourth-order valence-electron chi connectivity index (χ4n) is 1.93. The molecule has 0 aliphatic carbocycles. The number of esters is 1. The first kappa shape index (κ1) is 14.6. The monoisotopic (exact) mass is 293 g/mol. The molecule has 1 aromatic heterocycles. The number of nitrogens with zero attached hydrogens (tertiary/aromatic N) is 1. The Hall–Kier alpha value is -1.81. The fourth-order valence-corrected chi connectivity index (χ4v) is 2.22. The topological polar surface area (TPSA) is 52.3 Å². The second-order valence-electron chi connectivity index (χ2n) is 4.39. The van der Waals surface area contributed by atoms with Gasteiger partial charge in [0.2, 0.25) is 11.7 Å². The number of halogens is 1. The van der Waals surface area contributed by atoms with E-state index in [-0.39, 0.29) is 5.76 Å². The molecule has 0 saturated heterocycles. The van der Waals surface area contributed by atoms with Gasteiger partial charge in [0.1, 0.15) is 0 Å². The number of ether oxygens (including phenoxy) is 1. The molecule has 20 heavy (non-hydrogen) atoms. The van der Waals surface area contributed by atoms with Crippen LogP contribution in [-0.2, 0) is 11.2 Å². The minimum Gasteiger partial charge on any atom is -0.460 e.